The van der Waals surface area contributed by atoms with E-state index in [1.54, 1.807) is 32.0 Å². The summed E-state index contributed by atoms with van der Waals surface area (Å²) in [6.07, 6.45) is 0. The number of rotatable bonds is 2. The van der Waals surface area contributed by atoms with Gasteiger partial charge >= 0.3 is 0 Å². The van der Waals surface area contributed by atoms with Crippen LogP contribution in [-0.4, -0.2) is 10.9 Å². The molecular weight excluding hydrogens is 256 g/mol. The molecule has 5 nitrogen and oxygen atoms in total. The molecule has 0 aliphatic rings. The first-order chi connectivity index (χ1) is 9.52. The summed E-state index contributed by atoms with van der Waals surface area (Å²) < 4.78 is 10.8. The van der Waals surface area contributed by atoms with E-state index in [4.69, 9.17) is 8.83 Å². The third-order valence-corrected chi connectivity index (χ3v) is 3.04. The van der Waals surface area contributed by atoms with Gasteiger partial charge in [0, 0.05) is 18.7 Å². The first-order valence-electron chi connectivity index (χ1n) is 6.28. The monoisotopic (exact) mass is 270 g/mol. The zero-order chi connectivity index (χ0) is 14.3. The first-order valence-corrected chi connectivity index (χ1v) is 6.28. The van der Waals surface area contributed by atoms with E-state index in [0.717, 1.165) is 5.52 Å². The summed E-state index contributed by atoms with van der Waals surface area (Å²) in [5.41, 5.74) is 2.63. The van der Waals surface area contributed by atoms with Crippen LogP contribution in [0.25, 0.3) is 11.1 Å². The van der Waals surface area contributed by atoms with E-state index in [-0.39, 0.29) is 5.91 Å². The van der Waals surface area contributed by atoms with Crippen molar-refractivity contribution in [3.63, 3.8) is 0 Å². The predicted octanol–water partition coefficient (Wildman–Crippen LogP) is 3.60. The highest BCUT2D eigenvalue weighted by molar-refractivity contribution is 6.05. The second-order valence-electron chi connectivity index (χ2n) is 4.70. The molecule has 0 fully saturated rings. The maximum atomic E-state index is 12.2. The van der Waals surface area contributed by atoms with Crippen molar-refractivity contribution in [2.24, 2.45) is 0 Å². The summed E-state index contributed by atoms with van der Waals surface area (Å²) in [5.74, 6) is 1.73. The number of amides is 1. The van der Waals surface area contributed by atoms with Crippen molar-refractivity contribution in [2.75, 3.05) is 5.32 Å². The largest absolute Gasteiger partial charge is 0.466 e. The van der Waals surface area contributed by atoms with Crippen molar-refractivity contribution in [1.82, 2.24) is 4.98 Å². The van der Waals surface area contributed by atoms with E-state index in [1.807, 2.05) is 13.0 Å². The van der Waals surface area contributed by atoms with E-state index in [9.17, 15) is 4.79 Å². The van der Waals surface area contributed by atoms with Gasteiger partial charge < -0.3 is 14.2 Å². The number of hydrogen-bond donors (Lipinski definition) is 1. The van der Waals surface area contributed by atoms with Crippen LogP contribution in [0.3, 0.4) is 0 Å². The molecule has 2 aromatic heterocycles. The number of oxazole rings is 1. The lowest BCUT2D eigenvalue weighted by molar-refractivity contribution is 0.102. The van der Waals surface area contributed by atoms with Crippen LogP contribution in [0.4, 0.5) is 5.69 Å². The summed E-state index contributed by atoms with van der Waals surface area (Å²) in [6, 6.07) is 7.09. The van der Waals surface area contributed by atoms with Gasteiger partial charge in [0.15, 0.2) is 11.5 Å². The second kappa shape index (κ2) is 4.52. The van der Waals surface area contributed by atoms with Crippen molar-refractivity contribution in [3.05, 3.63) is 47.2 Å². The zero-order valence-corrected chi connectivity index (χ0v) is 11.5. The predicted molar refractivity (Wildman–Crippen MR) is 74.9 cm³/mol. The topological polar surface area (TPSA) is 68.3 Å². The molecule has 1 amide bonds. The number of carbonyl (C=O) groups excluding carboxylic acids is 1. The number of nitrogens with zero attached hydrogens (tertiary/aromatic N) is 1. The Morgan fingerprint density at radius 1 is 1.15 bits per heavy atom. The van der Waals surface area contributed by atoms with Crippen molar-refractivity contribution in [2.45, 2.75) is 20.8 Å². The van der Waals surface area contributed by atoms with Crippen LogP contribution in [0.5, 0.6) is 0 Å². The molecule has 20 heavy (non-hydrogen) atoms. The number of fused-ring (bicyclic) bond motifs is 1. The van der Waals surface area contributed by atoms with Crippen molar-refractivity contribution in [3.8, 4) is 0 Å². The Bertz CT molecular complexity index is 799. The number of benzene rings is 1. The molecule has 0 atom stereocenters. The molecule has 0 aliphatic heterocycles. The summed E-state index contributed by atoms with van der Waals surface area (Å²) in [5, 5.41) is 2.83. The maximum absolute atomic E-state index is 12.2. The standard InChI is InChI=1S/C15H14N2O3/c1-8-6-12(9(2)19-8)15(18)17-11-4-5-13-14(7-11)20-10(3)16-13/h4-7H,1-3H3,(H,17,18). The minimum Gasteiger partial charge on any atom is -0.466 e. The van der Waals surface area contributed by atoms with Crippen LogP contribution in [0.2, 0.25) is 0 Å². The Labute approximate surface area is 115 Å². The average molecular weight is 270 g/mol. The fourth-order valence-electron chi connectivity index (χ4n) is 2.17. The fraction of sp³-hybridized carbons (Fsp3) is 0.200. The Morgan fingerprint density at radius 3 is 2.65 bits per heavy atom. The smallest absolute Gasteiger partial charge is 0.259 e. The normalized spacial score (nSPS) is 10.9. The van der Waals surface area contributed by atoms with Gasteiger partial charge in [-0.3, -0.25) is 4.79 Å². The molecule has 5 heteroatoms. The lowest BCUT2D eigenvalue weighted by Gasteiger charge is -2.03. The van der Waals surface area contributed by atoms with Crippen LogP contribution in [0, 0.1) is 20.8 Å². The third-order valence-electron chi connectivity index (χ3n) is 3.04. The van der Waals surface area contributed by atoms with Gasteiger partial charge in [0.05, 0.1) is 5.56 Å². The van der Waals surface area contributed by atoms with Crippen LogP contribution >= 0.6 is 0 Å². The number of anilines is 1. The molecular formula is C15H14N2O3. The number of hydrogen-bond acceptors (Lipinski definition) is 4. The van der Waals surface area contributed by atoms with Gasteiger partial charge in [0.25, 0.3) is 5.91 Å². The Balaban J connectivity index is 1.88. The van der Waals surface area contributed by atoms with Crippen LogP contribution < -0.4 is 5.32 Å². The molecule has 3 rings (SSSR count). The molecule has 1 N–H and O–H groups in total. The van der Waals surface area contributed by atoms with Gasteiger partial charge in [-0.25, -0.2) is 4.98 Å². The molecule has 0 saturated carbocycles. The molecule has 0 saturated heterocycles. The van der Waals surface area contributed by atoms with E-state index in [0.29, 0.717) is 34.2 Å². The molecule has 3 aromatic rings. The van der Waals surface area contributed by atoms with Gasteiger partial charge in [0.2, 0.25) is 0 Å². The van der Waals surface area contributed by atoms with Crippen molar-refractivity contribution in [1.29, 1.82) is 0 Å². The Kier molecular flexibility index (Phi) is 2.82. The minimum absolute atomic E-state index is 0.199. The number of aromatic nitrogens is 1. The average Bonchev–Trinajstić information content (AvgIpc) is 2.90. The number of nitrogens with one attached hydrogen (secondary N) is 1. The molecule has 1 aromatic carbocycles. The SMILES string of the molecule is Cc1cc(C(=O)Nc2ccc3nc(C)oc3c2)c(C)o1. The van der Waals surface area contributed by atoms with E-state index >= 15 is 0 Å². The van der Waals surface area contributed by atoms with Gasteiger partial charge in [-0.1, -0.05) is 0 Å². The van der Waals surface area contributed by atoms with Crippen molar-refractivity contribution < 1.29 is 13.6 Å². The van der Waals surface area contributed by atoms with Crippen molar-refractivity contribution >= 4 is 22.7 Å². The molecule has 0 bridgehead atoms. The Morgan fingerprint density at radius 2 is 1.95 bits per heavy atom. The lowest BCUT2D eigenvalue weighted by Crippen LogP contribution is -2.11. The third kappa shape index (κ3) is 2.18. The molecule has 0 spiro atoms. The number of furan rings is 1. The van der Waals surface area contributed by atoms with E-state index in [1.165, 1.54) is 0 Å². The molecule has 0 aliphatic carbocycles. The highest BCUT2D eigenvalue weighted by Gasteiger charge is 2.14. The van der Waals surface area contributed by atoms with Crippen LogP contribution in [-0.2, 0) is 0 Å². The second-order valence-corrected chi connectivity index (χ2v) is 4.70. The van der Waals surface area contributed by atoms with E-state index < -0.39 is 0 Å². The molecule has 0 radical (unpaired) electrons. The highest BCUT2D eigenvalue weighted by atomic mass is 16.3. The van der Waals surface area contributed by atoms with E-state index in [2.05, 4.69) is 10.3 Å². The van der Waals surface area contributed by atoms with Gasteiger partial charge in [0.1, 0.15) is 17.0 Å². The summed E-state index contributed by atoms with van der Waals surface area (Å²) >= 11 is 0. The molecule has 102 valence electrons. The van der Waals surface area contributed by atoms with Gasteiger partial charge in [-0.15, -0.1) is 0 Å². The minimum atomic E-state index is -0.199. The number of carbonyl (C=O) groups is 1. The van der Waals surface area contributed by atoms with Gasteiger partial charge in [-0.05, 0) is 32.0 Å². The summed E-state index contributed by atoms with van der Waals surface area (Å²) in [4.78, 5) is 16.4. The molecule has 2 heterocycles. The van der Waals surface area contributed by atoms with Crippen LogP contribution in [0.1, 0.15) is 27.8 Å². The summed E-state index contributed by atoms with van der Waals surface area (Å²) in [6.45, 7) is 5.37. The van der Waals surface area contributed by atoms with Crippen LogP contribution in [0.15, 0.2) is 33.1 Å². The quantitative estimate of drug-likeness (QED) is 0.772. The maximum Gasteiger partial charge on any atom is 0.259 e. The summed E-state index contributed by atoms with van der Waals surface area (Å²) in [7, 11) is 0. The highest BCUT2D eigenvalue weighted by Crippen LogP contribution is 2.21. The first kappa shape index (κ1) is 12.5. The lowest BCUT2D eigenvalue weighted by atomic mass is 10.2. The Hall–Kier alpha value is -2.56. The fourth-order valence-corrected chi connectivity index (χ4v) is 2.17. The number of aryl methyl sites for hydroxylation is 3. The van der Waals surface area contributed by atoms with Gasteiger partial charge in [-0.2, -0.15) is 0 Å². The molecule has 0 unspecified atom stereocenters. The zero-order valence-electron chi connectivity index (χ0n) is 11.5.